The fourth-order valence-corrected chi connectivity index (χ4v) is 5.27. The second kappa shape index (κ2) is 15.9. The van der Waals surface area contributed by atoms with Crippen molar-refractivity contribution in [1.29, 1.82) is 0 Å². The van der Waals surface area contributed by atoms with Crippen LogP contribution in [0.1, 0.15) is 22.3 Å². The van der Waals surface area contributed by atoms with Gasteiger partial charge in [-0.2, -0.15) is 0 Å². The van der Waals surface area contributed by atoms with Crippen LogP contribution in [0.2, 0.25) is 0 Å². The van der Waals surface area contributed by atoms with E-state index in [2.05, 4.69) is 0 Å². The molecule has 0 heterocycles. The molecule has 0 aliphatic rings. The van der Waals surface area contributed by atoms with Crippen molar-refractivity contribution in [3.63, 3.8) is 0 Å². The van der Waals surface area contributed by atoms with Gasteiger partial charge in [0.2, 0.25) is 0 Å². The molecule has 0 bridgehead atoms. The Morgan fingerprint density at radius 1 is 0.643 bits per heavy atom. The van der Waals surface area contributed by atoms with Crippen molar-refractivity contribution < 1.29 is 27.0 Å². The zero-order chi connectivity index (χ0) is 30.5. The molecule has 0 aliphatic heterocycles. The maximum atomic E-state index is 12.8. The van der Waals surface area contributed by atoms with E-state index in [1.54, 1.807) is 60.7 Å². The predicted molar refractivity (Wildman–Crippen MR) is 161 cm³/mol. The first kappa shape index (κ1) is 31.8. The second-order valence-corrected chi connectivity index (χ2v) is 11.2. The fraction of sp³-hybridized carbons (Fsp3) is 0.0667. The van der Waals surface area contributed by atoms with Crippen molar-refractivity contribution in [2.24, 2.45) is 0 Å². The molecule has 0 fully saturated rings. The number of benzene rings is 4. The standard InChI is InChI=1S/2C15H12FNO3S/c16-14-6-4-13(5-7-14)11-21(20)9-8-12-2-1-3-15(10-12)17(18)19;16-14-7-5-12(6-8-14)11-21(20)10-9-13-3-1-2-4-15(13)17(18)19/h2*1-10H,11H2. The van der Waals surface area contributed by atoms with Crippen molar-refractivity contribution in [2.75, 3.05) is 0 Å². The molecule has 2 atom stereocenters. The molecular weight excluding hydrogens is 586 g/mol. The summed E-state index contributed by atoms with van der Waals surface area (Å²) in [6.07, 6.45) is 3.05. The van der Waals surface area contributed by atoms with Crippen molar-refractivity contribution in [2.45, 2.75) is 11.5 Å². The molecule has 4 rings (SSSR count). The highest BCUT2D eigenvalue weighted by molar-refractivity contribution is 7.87. The van der Waals surface area contributed by atoms with Gasteiger partial charge >= 0.3 is 0 Å². The quantitative estimate of drug-likeness (QED) is 0.137. The lowest BCUT2D eigenvalue weighted by molar-refractivity contribution is -0.385. The molecule has 8 nitrogen and oxygen atoms in total. The van der Waals surface area contributed by atoms with Crippen LogP contribution in [-0.4, -0.2) is 18.3 Å². The highest BCUT2D eigenvalue weighted by atomic mass is 32.2. The summed E-state index contributed by atoms with van der Waals surface area (Å²) in [4.78, 5) is 20.5. The summed E-state index contributed by atoms with van der Waals surface area (Å²) in [5, 5.41) is 24.4. The van der Waals surface area contributed by atoms with Crippen LogP contribution in [0.3, 0.4) is 0 Å². The van der Waals surface area contributed by atoms with Gasteiger partial charge in [0.15, 0.2) is 0 Å². The maximum Gasteiger partial charge on any atom is 0.276 e. The number of hydrogen-bond acceptors (Lipinski definition) is 6. The highest BCUT2D eigenvalue weighted by Crippen LogP contribution is 2.20. The number of para-hydroxylation sites is 1. The molecule has 0 aliphatic carbocycles. The van der Waals surface area contributed by atoms with E-state index in [-0.39, 0.29) is 34.5 Å². The molecule has 42 heavy (non-hydrogen) atoms. The lowest BCUT2D eigenvalue weighted by atomic mass is 10.2. The van der Waals surface area contributed by atoms with Crippen LogP contribution in [0.4, 0.5) is 20.2 Å². The van der Waals surface area contributed by atoms with E-state index >= 15 is 0 Å². The Kier molecular flexibility index (Phi) is 12.1. The molecule has 0 radical (unpaired) electrons. The van der Waals surface area contributed by atoms with Gasteiger partial charge in [0.25, 0.3) is 11.4 Å². The number of non-ortho nitro benzene ring substituents is 1. The molecule has 0 saturated heterocycles. The van der Waals surface area contributed by atoms with Crippen molar-refractivity contribution >= 4 is 45.1 Å². The van der Waals surface area contributed by atoms with Gasteiger partial charge in [0, 0.05) is 29.0 Å². The third kappa shape index (κ3) is 10.7. The third-order valence-corrected chi connectivity index (χ3v) is 7.59. The lowest BCUT2D eigenvalue weighted by Gasteiger charge is -1.99. The monoisotopic (exact) mass is 610 g/mol. The fourth-order valence-electron chi connectivity index (χ4n) is 3.43. The van der Waals surface area contributed by atoms with Gasteiger partial charge < -0.3 is 0 Å². The van der Waals surface area contributed by atoms with Gasteiger partial charge in [-0.1, -0.05) is 48.5 Å². The second-order valence-electron chi connectivity index (χ2n) is 8.58. The van der Waals surface area contributed by atoms with E-state index in [1.165, 1.54) is 59.4 Å². The molecule has 0 aromatic heterocycles. The summed E-state index contributed by atoms with van der Waals surface area (Å²) >= 11 is 0. The first-order chi connectivity index (χ1) is 20.1. The molecule has 4 aromatic carbocycles. The molecule has 12 heteroatoms. The molecular formula is C30H24F2N2O6S2. The molecule has 0 spiro atoms. The van der Waals surface area contributed by atoms with Crippen molar-refractivity contribution in [1.82, 2.24) is 0 Å². The molecule has 0 N–H and O–H groups in total. The Hall–Kier alpha value is -4.68. The minimum Gasteiger partial charge on any atom is -0.258 e. The summed E-state index contributed by atoms with van der Waals surface area (Å²) in [5.41, 5.74) is 2.46. The van der Waals surface area contributed by atoms with Gasteiger partial charge in [-0.15, -0.1) is 0 Å². The molecule has 4 aromatic rings. The van der Waals surface area contributed by atoms with Crippen LogP contribution in [0.25, 0.3) is 12.2 Å². The molecule has 2 unspecified atom stereocenters. The summed E-state index contributed by atoms with van der Waals surface area (Å²) in [7, 11) is -2.59. The first-order valence-corrected chi connectivity index (χ1v) is 14.9. The molecule has 216 valence electrons. The Morgan fingerprint density at radius 2 is 1.17 bits per heavy atom. The maximum absolute atomic E-state index is 12.8. The molecule has 0 saturated carbocycles. The van der Waals surface area contributed by atoms with Crippen LogP contribution in [-0.2, 0) is 33.1 Å². The topological polar surface area (TPSA) is 120 Å². The summed E-state index contributed by atoms with van der Waals surface area (Å²) in [5.74, 6) is -0.181. The SMILES string of the molecule is O=[N+]([O-])c1cccc(C=CS(=O)Cc2ccc(F)cc2)c1.O=[N+]([O-])c1ccccc1C=CS(=O)Cc1ccc(F)cc1. The number of halogens is 2. The largest absolute Gasteiger partial charge is 0.276 e. The number of nitrogens with zero attached hydrogens (tertiary/aromatic N) is 2. The Bertz CT molecular complexity index is 1640. The zero-order valence-electron chi connectivity index (χ0n) is 21.9. The first-order valence-electron chi connectivity index (χ1n) is 12.2. The van der Waals surface area contributed by atoms with Crippen LogP contribution in [0, 0.1) is 31.9 Å². The van der Waals surface area contributed by atoms with Gasteiger partial charge in [-0.25, -0.2) is 8.78 Å². The van der Waals surface area contributed by atoms with Crippen LogP contribution in [0.15, 0.2) is 108 Å². The van der Waals surface area contributed by atoms with E-state index in [9.17, 15) is 37.4 Å². The van der Waals surface area contributed by atoms with E-state index in [0.29, 0.717) is 11.1 Å². The number of nitro groups is 2. The normalized spacial score (nSPS) is 12.4. The van der Waals surface area contributed by atoms with Gasteiger partial charge in [0.1, 0.15) is 11.6 Å². The van der Waals surface area contributed by atoms with Gasteiger partial charge in [-0.3, -0.25) is 28.6 Å². The summed E-state index contributed by atoms with van der Waals surface area (Å²) in [6.45, 7) is 0. The number of hydrogen-bond donors (Lipinski definition) is 0. The predicted octanol–water partition coefficient (Wildman–Crippen LogP) is 7.31. The number of nitro benzene ring substituents is 2. The smallest absolute Gasteiger partial charge is 0.258 e. The molecule has 0 amide bonds. The van der Waals surface area contributed by atoms with Crippen LogP contribution < -0.4 is 0 Å². The average Bonchev–Trinajstić information content (AvgIpc) is 2.98. The minimum atomic E-state index is -1.33. The average molecular weight is 611 g/mol. The van der Waals surface area contributed by atoms with Gasteiger partial charge in [0.05, 0.1) is 48.5 Å². The zero-order valence-corrected chi connectivity index (χ0v) is 23.5. The third-order valence-electron chi connectivity index (χ3n) is 5.47. The van der Waals surface area contributed by atoms with E-state index in [0.717, 1.165) is 11.1 Å². The summed E-state index contributed by atoms with van der Waals surface area (Å²) in [6, 6.07) is 23.8. The van der Waals surface area contributed by atoms with E-state index in [4.69, 9.17) is 0 Å². The van der Waals surface area contributed by atoms with Gasteiger partial charge in [-0.05, 0) is 59.2 Å². The minimum absolute atomic E-state index is 0.0125. The van der Waals surface area contributed by atoms with Crippen LogP contribution in [0.5, 0.6) is 0 Å². The lowest BCUT2D eigenvalue weighted by Crippen LogP contribution is -1.93. The summed E-state index contributed by atoms with van der Waals surface area (Å²) < 4.78 is 49.3. The van der Waals surface area contributed by atoms with Crippen molar-refractivity contribution in [3.05, 3.63) is 162 Å². The number of rotatable bonds is 10. The Balaban J connectivity index is 0.000000230. The van der Waals surface area contributed by atoms with E-state index < -0.39 is 31.4 Å². The highest BCUT2D eigenvalue weighted by Gasteiger charge is 2.10. The Labute approximate surface area is 245 Å². The van der Waals surface area contributed by atoms with Crippen LogP contribution >= 0.6 is 0 Å². The van der Waals surface area contributed by atoms with E-state index in [1.807, 2.05) is 0 Å². The Morgan fingerprint density at radius 3 is 1.69 bits per heavy atom. The van der Waals surface area contributed by atoms with Crippen molar-refractivity contribution in [3.8, 4) is 0 Å².